The Balaban J connectivity index is 2.31. The van der Waals surface area contributed by atoms with Crippen LogP contribution in [0, 0.1) is 11.3 Å². The molecule has 0 aromatic carbocycles. The van der Waals surface area contributed by atoms with E-state index in [1.807, 2.05) is 26.0 Å². The molecule has 94 valence electrons. The lowest BCUT2D eigenvalue weighted by molar-refractivity contribution is -0.142. The van der Waals surface area contributed by atoms with Crippen molar-refractivity contribution in [3.8, 4) is 0 Å². The van der Waals surface area contributed by atoms with Crippen molar-refractivity contribution in [2.24, 2.45) is 11.3 Å². The summed E-state index contributed by atoms with van der Waals surface area (Å²) in [4.78, 5) is 11.6. The van der Waals surface area contributed by atoms with Crippen molar-refractivity contribution < 1.29 is 14.6 Å². The van der Waals surface area contributed by atoms with Crippen molar-refractivity contribution in [1.82, 2.24) is 0 Å². The molecule has 1 spiro atoms. The molecule has 0 amide bonds. The van der Waals surface area contributed by atoms with Crippen LogP contribution >= 0.6 is 0 Å². The van der Waals surface area contributed by atoms with Crippen molar-refractivity contribution in [3.63, 3.8) is 0 Å². The fourth-order valence-corrected chi connectivity index (χ4v) is 3.07. The lowest BCUT2D eigenvalue weighted by Gasteiger charge is -2.38. The third-order valence-corrected chi connectivity index (χ3v) is 4.27. The molecule has 0 aromatic rings. The molecule has 2 aliphatic rings. The molecule has 3 atom stereocenters. The average Bonchev–Trinajstić information content (AvgIpc) is 2.54. The largest absolute Gasteiger partial charge is 0.468 e. The Bertz CT molecular complexity index is 392. The van der Waals surface area contributed by atoms with Crippen LogP contribution in [0.4, 0.5) is 0 Å². The number of esters is 1. The van der Waals surface area contributed by atoms with Gasteiger partial charge in [0.15, 0.2) is 0 Å². The van der Waals surface area contributed by atoms with Crippen LogP contribution < -0.4 is 0 Å². The number of aliphatic hydroxyl groups is 1. The van der Waals surface area contributed by atoms with E-state index in [4.69, 9.17) is 4.74 Å². The summed E-state index contributed by atoms with van der Waals surface area (Å²) in [5.41, 5.74) is -0.0190. The summed E-state index contributed by atoms with van der Waals surface area (Å²) >= 11 is 0. The molecular weight excluding hydrogens is 216 g/mol. The Hall–Kier alpha value is -1.09. The second kappa shape index (κ2) is 3.98. The Morgan fingerprint density at radius 1 is 1.53 bits per heavy atom. The molecule has 1 fully saturated rings. The summed E-state index contributed by atoms with van der Waals surface area (Å²) in [5.74, 6) is -0.524. The molecular formula is C14H20O3. The predicted molar refractivity (Wildman–Crippen MR) is 65.3 cm³/mol. The number of hydrogen-bond acceptors (Lipinski definition) is 3. The van der Waals surface area contributed by atoms with Crippen molar-refractivity contribution in [3.05, 3.63) is 23.8 Å². The van der Waals surface area contributed by atoms with Gasteiger partial charge >= 0.3 is 5.97 Å². The molecule has 17 heavy (non-hydrogen) atoms. The van der Waals surface area contributed by atoms with Crippen LogP contribution in [-0.2, 0) is 9.53 Å². The highest BCUT2D eigenvalue weighted by atomic mass is 16.5. The van der Waals surface area contributed by atoms with Crippen molar-refractivity contribution in [2.45, 2.75) is 38.7 Å². The minimum atomic E-state index is -0.703. The molecule has 0 radical (unpaired) electrons. The van der Waals surface area contributed by atoms with Crippen LogP contribution in [0.2, 0.25) is 0 Å². The van der Waals surface area contributed by atoms with E-state index in [1.165, 1.54) is 7.11 Å². The summed E-state index contributed by atoms with van der Waals surface area (Å²) in [6, 6.07) is 0. The van der Waals surface area contributed by atoms with Gasteiger partial charge in [-0.1, -0.05) is 23.8 Å². The maximum absolute atomic E-state index is 11.6. The highest BCUT2D eigenvalue weighted by Gasteiger charge is 2.49. The summed E-state index contributed by atoms with van der Waals surface area (Å²) < 4.78 is 4.77. The zero-order chi connectivity index (χ0) is 12.7. The summed E-state index contributed by atoms with van der Waals surface area (Å²) in [6.45, 7) is 3.81. The van der Waals surface area contributed by atoms with Crippen LogP contribution in [0.3, 0.4) is 0 Å². The first-order chi connectivity index (χ1) is 7.92. The van der Waals surface area contributed by atoms with Gasteiger partial charge in [-0.25, -0.2) is 0 Å². The molecule has 0 aromatic heterocycles. The minimum absolute atomic E-state index is 0.234. The number of carbonyl (C=O) groups excluding carboxylic acids is 1. The van der Waals surface area contributed by atoms with Gasteiger partial charge < -0.3 is 9.84 Å². The molecule has 0 saturated heterocycles. The first-order valence-corrected chi connectivity index (χ1v) is 6.11. The Morgan fingerprint density at radius 2 is 2.24 bits per heavy atom. The van der Waals surface area contributed by atoms with Crippen molar-refractivity contribution >= 4 is 5.97 Å². The van der Waals surface area contributed by atoms with Gasteiger partial charge in [0.2, 0.25) is 0 Å². The monoisotopic (exact) mass is 236 g/mol. The van der Waals surface area contributed by atoms with E-state index in [1.54, 1.807) is 0 Å². The van der Waals surface area contributed by atoms with Crippen molar-refractivity contribution in [1.29, 1.82) is 0 Å². The molecule has 0 bridgehead atoms. The second-order valence-corrected chi connectivity index (χ2v) is 5.42. The Labute approximate surface area is 102 Å². The van der Waals surface area contributed by atoms with Gasteiger partial charge in [0.25, 0.3) is 0 Å². The zero-order valence-corrected chi connectivity index (χ0v) is 10.7. The van der Waals surface area contributed by atoms with Gasteiger partial charge in [0, 0.05) is 5.41 Å². The average molecular weight is 236 g/mol. The topological polar surface area (TPSA) is 46.5 Å². The maximum atomic E-state index is 11.6. The van der Waals surface area contributed by atoms with E-state index in [0.29, 0.717) is 0 Å². The molecule has 1 N–H and O–H groups in total. The lowest BCUT2D eigenvalue weighted by Crippen LogP contribution is -2.40. The SMILES string of the molecule is COC(=O)C1C=CC2(C=C1C)CCCC2(C)O. The molecule has 2 aliphatic carbocycles. The van der Waals surface area contributed by atoms with Gasteiger partial charge in [-0.2, -0.15) is 0 Å². The fourth-order valence-electron chi connectivity index (χ4n) is 3.07. The number of rotatable bonds is 1. The Kier molecular flexibility index (Phi) is 2.90. The third kappa shape index (κ3) is 1.82. The molecule has 0 heterocycles. The Morgan fingerprint density at radius 3 is 2.71 bits per heavy atom. The van der Waals surface area contributed by atoms with Gasteiger partial charge in [-0.15, -0.1) is 0 Å². The van der Waals surface area contributed by atoms with Crippen LogP contribution in [-0.4, -0.2) is 23.8 Å². The minimum Gasteiger partial charge on any atom is -0.468 e. The molecule has 2 rings (SSSR count). The molecule has 1 saturated carbocycles. The smallest absolute Gasteiger partial charge is 0.316 e. The first-order valence-electron chi connectivity index (χ1n) is 6.11. The lowest BCUT2D eigenvalue weighted by atomic mass is 9.70. The summed E-state index contributed by atoms with van der Waals surface area (Å²) in [7, 11) is 1.40. The van der Waals surface area contributed by atoms with E-state index < -0.39 is 5.60 Å². The van der Waals surface area contributed by atoms with Gasteiger partial charge in [0.05, 0.1) is 18.6 Å². The fraction of sp³-hybridized carbons (Fsp3) is 0.643. The number of hydrogen-bond donors (Lipinski definition) is 1. The quantitative estimate of drug-likeness (QED) is 0.561. The van der Waals surface area contributed by atoms with Crippen LogP contribution in [0.1, 0.15) is 33.1 Å². The highest BCUT2D eigenvalue weighted by Crippen LogP contribution is 2.51. The number of methoxy groups -OCH3 is 1. The van der Waals surface area contributed by atoms with E-state index in [-0.39, 0.29) is 17.3 Å². The number of ether oxygens (including phenoxy) is 1. The third-order valence-electron chi connectivity index (χ3n) is 4.27. The van der Waals surface area contributed by atoms with E-state index in [0.717, 1.165) is 24.8 Å². The van der Waals surface area contributed by atoms with Crippen LogP contribution in [0.25, 0.3) is 0 Å². The van der Waals surface area contributed by atoms with E-state index >= 15 is 0 Å². The van der Waals surface area contributed by atoms with Crippen LogP contribution in [0.5, 0.6) is 0 Å². The zero-order valence-electron chi connectivity index (χ0n) is 10.7. The van der Waals surface area contributed by atoms with Crippen LogP contribution in [0.15, 0.2) is 23.8 Å². The maximum Gasteiger partial charge on any atom is 0.316 e. The van der Waals surface area contributed by atoms with Gasteiger partial charge in [-0.05, 0) is 33.1 Å². The van der Waals surface area contributed by atoms with Gasteiger partial charge in [0.1, 0.15) is 0 Å². The predicted octanol–water partition coefficient (Wildman–Crippen LogP) is 2.21. The second-order valence-electron chi connectivity index (χ2n) is 5.42. The molecule has 3 heteroatoms. The molecule has 0 aliphatic heterocycles. The molecule has 3 unspecified atom stereocenters. The standard InChI is InChI=1S/C14H20O3/c1-10-9-14(7-4-6-13(14,2)16)8-5-11(10)12(15)17-3/h5,8-9,11,16H,4,6-7H2,1-3H3. The first kappa shape index (κ1) is 12.4. The van der Waals surface area contributed by atoms with E-state index in [9.17, 15) is 9.90 Å². The summed E-state index contributed by atoms with van der Waals surface area (Å²) in [5, 5.41) is 10.5. The van der Waals surface area contributed by atoms with Gasteiger partial charge in [-0.3, -0.25) is 4.79 Å². The van der Waals surface area contributed by atoms with E-state index in [2.05, 4.69) is 6.08 Å². The normalized spacial score (nSPS) is 40.5. The van der Waals surface area contributed by atoms with Crippen molar-refractivity contribution in [2.75, 3.05) is 7.11 Å². The number of carbonyl (C=O) groups is 1. The summed E-state index contributed by atoms with van der Waals surface area (Å²) in [6.07, 6.45) is 8.70. The molecule has 3 nitrogen and oxygen atoms in total. The highest BCUT2D eigenvalue weighted by molar-refractivity contribution is 5.78.